The van der Waals surface area contributed by atoms with Gasteiger partial charge in [-0.25, -0.2) is 0 Å². The Morgan fingerprint density at radius 3 is 2.23 bits per heavy atom. The van der Waals surface area contributed by atoms with E-state index in [0.717, 1.165) is 10.2 Å². The van der Waals surface area contributed by atoms with E-state index in [2.05, 4.69) is 42.8 Å². The first-order valence-electron chi connectivity index (χ1n) is 4.38. The summed E-state index contributed by atoms with van der Waals surface area (Å²) >= 11 is 3.52. The van der Waals surface area contributed by atoms with E-state index in [1.165, 1.54) is 11.1 Å². The summed E-state index contributed by atoms with van der Waals surface area (Å²) in [6, 6.07) is 4.13. The fourth-order valence-electron chi connectivity index (χ4n) is 1.35. The Labute approximate surface area is 88.5 Å². The first kappa shape index (κ1) is 10.6. The third-order valence-corrected chi connectivity index (χ3v) is 2.99. The van der Waals surface area contributed by atoms with Gasteiger partial charge in [0.05, 0.1) is 0 Å². The monoisotopic (exact) mass is 241 g/mol. The van der Waals surface area contributed by atoms with Crippen molar-refractivity contribution in [3.63, 3.8) is 0 Å². The van der Waals surface area contributed by atoms with Crippen molar-refractivity contribution < 1.29 is 0 Å². The van der Waals surface area contributed by atoms with Crippen molar-refractivity contribution in [2.45, 2.75) is 33.1 Å². The highest BCUT2D eigenvalue weighted by atomic mass is 79.9. The van der Waals surface area contributed by atoms with Crippen LogP contribution in [0, 0.1) is 6.92 Å². The number of hydrogen-bond acceptors (Lipinski definition) is 1. The maximum atomic E-state index is 5.96. The highest BCUT2D eigenvalue weighted by Crippen LogP contribution is 2.32. The van der Waals surface area contributed by atoms with E-state index in [-0.39, 0.29) is 5.41 Å². The molecule has 13 heavy (non-hydrogen) atoms. The van der Waals surface area contributed by atoms with Crippen LogP contribution >= 0.6 is 15.9 Å². The van der Waals surface area contributed by atoms with Gasteiger partial charge < -0.3 is 5.73 Å². The Morgan fingerprint density at radius 1 is 1.23 bits per heavy atom. The van der Waals surface area contributed by atoms with Gasteiger partial charge in [-0.3, -0.25) is 0 Å². The molecule has 0 saturated heterocycles. The molecule has 0 saturated carbocycles. The van der Waals surface area contributed by atoms with Crippen LogP contribution in [-0.2, 0) is 5.41 Å². The van der Waals surface area contributed by atoms with Crippen LogP contribution in [-0.4, -0.2) is 0 Å². The average Bonchev–Trinajstić information content (AvgIpc) is 1.94. The van der Waals surface area contributed by atoms with E-state index in [9.17, 15) is 0 Å². The Bertz CT molecular complexity index is 324. The largest absolute Gasteiger partial charge is 0.398 e. The zero-order chi connectivity index (χ0) is 10.2. The van der Waals surface area contributed by atoms with Gasteiger partial charge in [0.15, 0.2) is 0 Å². The zero-order valence-electron chi connectivity index (χ0n) is 8.61. The molecule has 0 amide bonds. The van der Waals surface area contributed by atoms with Gasteiger partial charge in [-0.15, -0.1) is 0 Å². The quantitative estimate of drug-likeness (QED) is 0.690. The first-order chi connectivity index (χ1) is 5.82. The number of benzene rings is 1. The molecule has 2 heteroatoms. The maximum Gasteiger partial charge on any atom is 0.0355 e. The Hall–Kier alpha value is -0.500. The lowest BCUT2D eigenvalue weighted by atomic mass is 9.85. The Morgan fingerprint density at radius 2 is 1.77 bits per heavy atom. The zero-order valence-corrected chi connectivity index (χ0v) is 10.2. The number of nitrogens with two attached hydrogens (primary N) is 1. The molecule has 1 aromatic rings. The number of hydrogen-bond donors (Lipinski definition) is 1. The van der Waals surface area contributed by atoms with Crippen molar-refractivity contribution in [3.05, 3.63) is 27.7 Å². The summed E-state index contributed by atoms with van der Waals surface area (Å²) < 4.78 is 1.13. The van der Waals surface area contributed by atoms with Gasteiger partial charge in [0.25, 0.3) is 0 Å². The summed E-state index contributed by atoms with van der Waals surface area (Å²) in [6.45, 7) is 8.55. The van der Waals surface area contributed by atoms with Crippen LogP contribution in [0.2, 0.25) is 0 Å². The summed E-state index contributed by atoms with van der Waals surface area (Å²) in [4.78, 5) is 0. The number of rotatable bonds is 0. The summed E-state index contributed by atoms with van der Waals surface area (Å²) in [5.41, 5.74) is 9.33. The lowest BCUT2D eigenvalue weighted by Crippen LogP contribution is -2.14. The van der Waals surface area contributed by atoms with Gasteiger partial charge in [-0.05, 0) is 35.6 Å². The van der Waals surface area contributed by atoms with E-state index in [1.54, 1.807) is 0 Å². The van der Waals surface area contributed by atoms with Gasteiger partial charge in [0.2, 0.25) is 0 Å². The minimum absolute atomic E-state index is 0.111. The van der Waals surface area contributed by atoms with Crippen LogP contribution in [0.4, 0.5) is 5.69 Å². The molecule has 0 aliphatic carbocycles. The Balaban J connectivity index is 3.32. The van der Waals surface area contributed by atoms with Crippen molar-refractivity contribution in [1.29, 1.82) is 0 Å². The average molecular weight is 242 g/mol. The van der Waals surface area contributed by atoms with Gasteiger partial charge in [0.1, 0.15) is 0 Å². The lowest BCUT2D eigenvalue weighted by Gasteiger charge is -2.22. The molecule has 0 aromatic heterocycles. The van der Waals surface area contributed by atoms with Crippen LogP contribution in [0.1, 0.15) is 31.9 Å². The van der Waals surface area contributed by atoms with E-state index in [1.807, 2.05) is 13.0 Å². The van der Waals surface area contributed by atoms with Crippen LogP contribution in [0.15, 0.2) is 16.6 Å². The van der Waals surface area contributed by atoms with E-state index < -0.39 is 0 Å². The minimum Gasteiger partial charge on any atom is -0.398 e. The first-order valence-corrected chi connectivity index (χ1v) is 5.18. The van der Waals surface area contributed by atoms with E-state index >= 15 is 0 Å². The van der Waals surface area contributed by atoms with Gasteiger partial charge in [-0.1, -0.05) is 36.7 Å². The molecular weight excluding hydrogens is 226 g/mol. The molecule has 0 aliphatic heterocycles. The molecule has 0 unspecified atom stereocenters. The summed E-state index contributed by atoms with van der Waals surface area (Å²) in [6.07, 6.45) is 0. The molecule has 0 radical (unpaired) electrons. The fraction of sp³-hybridized carbons (Fsp3) is 0.455. The topological polar surface area (TPSA) is 26.0 Å². The molecule has 0 atom stereocenters. The summed E-state index contributed by atoms with van der Waals surface area (Å²) in [5.74, 6) is 0. The van der Waals surface area contributed by atoms with Crippen LogP contribution in [0.25, 0.3) is 0 Å². The number of anilines is 1. The smallest absolute Gasteiger partial charge is 0.0355 e. The molecule has 0 heterocycles. The summed E-state index contributed by atoms with van der Waals surface area (Å²) in [7, 11) is 0. The number of nitrogen functional groups attached to an aromatic ring is 1. The van der Waals surface area contributed by atoms with Gasteiger partial charge in [0, 0.05) is 10.2 Å². The molecule has 1 rings (SSSR count). The van der Waals surface area contributed by atoms with Gasteiger partial charge in [-0.2, -0.15) is 0 Å². The number of aryl methyl sites for hydroxylation is 1. The summed E-state index contributed by atoms with van der Waals surface area (Å²) in [5, 5.41) is 0. The maximum absolute atomic E-state index is 5.96. The molecule has 0 spiro atoms. The predicted molar refractivity (Wildman–Crippen MR) is 62.0 cm³/mol. The third kappa shape index (κ3) is 2.25. The standard InChI is InChI=1S/C11H16BrN/c1-7-5-10(13)8(6-9(7)12)11(2,3)4/h5-6H,13H2,1-4H3. The van der Waals surface area contributed by atoms with Crippen molar-refractivity contribution >= 4 is 21.6 Å². The molecule has 72 valence electrons. The number of halogens is 1. The molecule has 1 aromatic carbocycles. The fourth-order valence-corrected chi connectivity index (χ4v) is 1.70. The molecular formula is C11H16BrN. The van der Waals surface area contributed by atoms with E-state index in [4.69, 9.17) is 5.73 Å². The molecule has 2 N–H and O–H groups in total. The van der Waals surface area contributed by atoms with Crippen LogP contribution in [0.3, 0.4) is 0 Å². The molecule has 0 aliphatic rings. The second-order valence-corrected chi connectivity index (χ2v) is 5.29. The van der Waals surface area contributed by atoms with E-state index in [0.29, 0.717) is 0 Å². The van der Waals surface area contributed by atoms with Crippen molar-refractivity contribution in [2.24, 2.45) is 0 Å². The lowest BCUT2D eigenvalue weighted by molar-refractivity contribution is 0.592. The minimum atomic E-state index is 0.111. The Kier molecular flexibility index (Phi) is 2.71. The van der Waals surface area contributed by atoms with Crippen molar-refractivity contribution in [1.82, 2.24) is 0 Å². The second-order valence-electron chi connectivity index (χ2n) is 4.44. The van der Waals surface area contributed by atoms with Crippen LogP contribution < -0.4 is 5.73 Å². The van der Waals surface area contributed by atoms with Crippen LogP contribution in [0.5, 0.6) is 0 Å². The third-order valence-electron chi connectivity index (χ3n) is 2.14. The van der Waals surface area contributed by atoms with Crippen molar-refractivity contribution in [2.75, 3.05) is 5.73 Å². The molecule has 0 bridgehead atoms. The molecule has 1 nitrogen and oxygen atoms in total. The highest BCUT2D eigenvalue weighted by Gasteiger charge is 2.17. The van der Waals surface area contributed by atoms with Gasteiger partial charge >= 0.3 is 0 Å². The van der Waals surface area contributed by atoms with Crippen molar-refractivity contribution in [3.8, 4) is 0 Å². The normalized spacial score (nSPS) is 11.8. The predicted octanol–water partition coefficient (Wildman–Crippen LogP) is 3.64. The molecule has 0 fully saturated rings. The highest BCUT2D eigenvalue weighted by molar-refractivity contribution is 9.10. The SMILES string of the molecule is Cc1cc(N)c(C(C)(C)C)cc1Br. The second kappa shape index (κ2) is 3.33.